The number of nitrogens with one attached hydrogen (secondary N) is 2. The first kappa shape index (κ1) is 16.1. The standard InChI is InChI=1S/C14H16BrN3O2S/c1-20-6-5-16-8-13(19)18-14-17-12(9-21-14)10-3-2-4-11(15)7-10/h2-4,7,9,16H,5-6,8H2,1H3,(H,17,18,19). The van der Waals surface area contributed by atoms with Gasteiger partial charge in [0.25, 0.3) is 0 Å². The van der Waals surface area contributed by atoms with E-state index in [1.807, 2.05) is 29.6 Å². The number of hydrogen-bond acceptors (Lipinski definition) is 5. The first-order chi connectivity index (χ1) is 10.2. The first-order valence-corrected chi connectivity index (χ1v) is 8.07. The van der Waals surface area contributed by atoms with E-state index in [0.29, 0.717) is 18.3 Å². The van der Waals surface area contributed by atoms with E-state index in [1.165, 1.54) is 11.3 Å². The van der Waals surface area contributed by atoms with Crippen molar-refractivity contribution in [1.82, 2.24) is 10.3 Å². The van der Waals surface area contributed by atoms with Crippen LogP contribution in [-0.4, -0.2) is 37.7 Å². The Kier molecular flexibility index (Phi) is 6.31. The molecule has 0 aliphatic rings. The van der Waals surface area contributed by atoms with Gasteiger partial charge in [-0.05, 0) is 12.1 Å². The van der Waals surface area contributed by atoms with Crippen LogP contribution in [0.25, 0.3) is 11.3 Å². The van der Waals surface area contributed by atoms with Gasteiger partial charge in [0.05, 0.1) is 18.8 Å². The monoisotopic (exact) mass is 369 g/mol. The molecule has 2 aromatic rings. The number of anilines is 1. The Hall–Kier alpha value is -1.28. The normalized spacial score (nSPS) is 10.6. The van der Waals surface area contributed by atoms with E-state index in [-0.39, 0.29) is 12.5 Å². The van der Waals surface area contributed by atoms with E-state index in [0.717, 1.165) is 15.7 Å². The van der Waals surface area contributed by atoms with Crippen LogP contribution in [0.5, 0.6) is 0 Å². The summed E-state index contributed by atoms with van der Waals surface area (Å²) in [5.74, 6) is -0.110. The minimum atomic E-state index is -0.110. The molecule has 0 spiro atoms. The lowest BCUT2D eigenvalue weighted by Gasteiger charge is -2.03. The van der Waals surface area contributed by atoms with Gasteiger partial charge in [0.1, 0.15) is 0 Å². The van der Waals surface area contributed by atoms with E-state index in [4.69, 9.17) is 4.74 Å². The van der Waals surface area contributed by atoms with Crippen LogP contribution in [0.15, 0.2) is 34.1 Å². The second-order valence-corrected chi connectivity index (χ2v) is 6.04. The quantitative estimate of drug-likeness (QED) is 0.736. The van der Waals surface area contributed by atoms with E-state index in [1.54, 1.807) is 7.11 Å². The summed E-state index contributed by atoms with van der Waals surface area (Å²) >= 11 is 4.85. The van der Waals surface area contributed by atoms with Crippen molar-refractivity contribution in [2.24, 2.45) is 0 Å². The number of hydrogen-bond donors (Lipinski definition) is 2. The molecule has 0 aliphatic carbocycles. The van der Waals surface area contributed by atoms with Crippen molar-refractivity contribution in [2.75, 3.05) is 32.1 Å². The molecule has 21 heavy (non-hydrogen) atoms. The highest BCUT2D eigenvalue weighted by atomic mass is 79.9. The highest BCUT2D eigenvalue weighted by Crippen LogP contribution is 2.26. The fraction of sp³-hybridized carbons (Fsp3) is 0.286. The lowest BCUT2D eigenvalue weighted by molar-refractivity contribution is -0.115. The highest BCUT2D eigenvalue weighted by Gasteiger charge is 2.08. The number of halogens is 1. The molecular formula is C14H16BrN3O2S. The molecule has 1 aromatic heterocycles. The van der Waals surface area contributed by atoms with Crippen LogP contribution >= 0.6 is 27.3 Å². The molecule has 1 heterocycles. The molecule has 0 aliphatic heterocycles. The Labute approximate surface area is 135 Å². The molecule has 0 atom stereocenters. The molecule has 2 rings (SSSR count). The molecule has 0 saturated carbocycles. The maximum Gasteiger partial charge on any atom is 0.240 e. The van der Waals surface area contributed by atoms with Gasteiger partial charge in [-0.25, -0.2) is 4.98 Å². The average molecular weight is 370 g/mol. The Morgan fingerprint density at radius 2 is 2.33 bits per heavy atom. The molecule has 0 saturated heterocycles. The lowest BCUT2D eigenvalue weighted by atomic mass is 10.2. The summed E-state index contributed by atoms with van der Waals surface area (Å²) in [6.45, 7) is 1.47. The van der Waals surface area contributed by atoms with Crippen LogP contribution in [0.1, 0.15) is 0 Å². The fourth-order valence-corrected chi connectivity index (χ4v) is 2.79. The van der Waals surface area contributed by atoms with Crippen molar-refractivity contribution < 1.29 is 9.53 Å². The third kappa shape index (κ3) is 5.20. The smallest absolute Gasteiger partial charge is 0.240 e. The van der Waals surface area contributed by atoms with Gasteiger partial charge in [-0.1, -0.05) is 28.1 Å². The van der Waals surface area contributed by atoms with Crippen LogP contribution in [0.3, 0.4) is 0 Å². The largest absolute Gasteiger partial charge is 0.383 e. The van der Waals surface area contributed by atoms with Gasteiger partial charge in [-0.2, -0.15) is 0 Å². The molecule has 2 N–H and O–H groups in total. The van der Waals surface area contributed by atoms with Crippen molar-refractivity contribution in [3.8, 4) is 11.3 Å². The number of aromatic nitrogens is 1. The minimum absolute atomic E-state index is 0.110. The molecule has 0 bridgehead atoms. The van der Waals surface area contributed by atoms with Crippen molar-refractivity contribution in [1.29, 1.82) is 0 Å². The maximum atomic E-state index is 11.7. The number of amides is 1. The number of thiazole rings is 1. The lowest BCUT2D eigenvalue weighted by Crippen LogP contribution is -2.30. The first-order valence-electron chi connectivity index (χ1n) is 6.40. The number of methoxy groups -OCH3 is 1. The maximum absolute atomic E-state index is 11.7. The fourth-order valence-electron chi connectivity index (χ4n) is 1.65. The zero-order chi connectivity index (χ0) is 15.1. The summed E-state index contributed by atoms with van der Waals surface area (Å²) in [4.78, 5) is 16.1. The molecule has 112 valence electrons. The molecule has 0 radical (unpaired) electrons. The van der Waals surface area contributed by atoms with Crippen molar-refractivity contribution in [2.45, 2.75) is 0 Å². The van der Waals surface area contributed by atoms with Crippen LogP contribution in [-0.2, 0) is 9.53 Å². The molecule has 1 aromatic carbocycles. The van der Waals surface area contributed by atoms with Crippen LogP contribution < -0.4 is 10.6 Å². The molecule has 7 heteroatoms. The van der Waals surface area contributed by atoms with Gasteiger partial charge in [0, 0.05) is 29.1 Å². The Morgan fingerprint density at radius 3 is 3.10 bits per heavy atom. The Morgan fingerprint density at radius 1 is 1.48 bits per heavy atom. The zero-order valence-electron chi connectivity index (χ0n) is 11.6. The summed E-state index contributed by atoms with van der Waals surface area (Å²) in [6.07, 6.45) is 0. The number of nitrogens with zero attached hydrogens (tertiary/aromatic N) is 1. The summed E-state index contributed by atoms with van der Waals surface area (Å²) in [7, 11) is 1.63. The SMILES string of the molecule is COCCNCC(=O)Nc1nc(-c2cccc(Br)c2)cs1. The predicted octanol–water partition coefficient (Wildman–Crippen LogP) is 2.75. The number of carbonyl (C=O) groups is 1. The second kappa shape index (κ2) is 8.23. The summed E-state index contributed by atoms with van der Waals surface area (Å²) in [5, 5.41) is 8.29. The van der Waals surface area contributed by atoms with E-state index in [2.05, 4.69) is 31.5 Å². The van der Waals surface area contributed by atoms with Crippen LogP contribution in [0.4, 0.5) is 5.13 Å². The molecular weight excluding hydrogens is 354 g/mol. The van der Waals surface area contributed by atoms with Gasteiger partial charge < -0.3 is 15.4 Å². The van der Waals surface area contributed by atoms with E-state index < -0.39 is 0 Å². The minimum Gasteiger partial charge on any atom is -0.383 e. The number of ether oxygens (including phenoxy) is 1. The van der Waals surface area contributed by atoms with E-state index >= 15 is 0 Å². The second-order valence-electron chi connectivity index (χ2n) is 4.27. The third-order valence-corrected chi connectivity index (χ3v) is 3.89. The highest BCUT2D eigenvalue weighted by molar-refractivity contribution is 9.10. The number of benzene rings is 1. The number of carbonyl (C=O) groups excluding carboxylic acids is 1. The summed E-state index contributed by atoms with van der Waals surface area (Å²) in [6, 6.07) is 7.89. The van der Waals surface area contributed by atoms with Gasteiger partial charge >= 0.3 is 0 Å². The van der Waals surface area contributed by atoms with Crippen molar-refractivity contribution in [3.05, 3.63) is 34.1 Å². The van der Waals surface area contributed by atoms with Crippen molar-refractivity contribution >= 4 is 38.3 Å². The predicted molar refractivity (Wildman–Crippen MR) is 88.6 cm³/mol. The Balaban J connectivity index is 1.90. The molecule has 1 amide bonds. The van der Waals surface area contributed by atoms with E-state index in [9.17, 15) is 4.79 Å². The third-order valence-electron chi connectivity index (χ3n) is 2.64. The van der Waals surface area contributed by atoms with Crippen LogP contribution in [0.2, 0.25) is 0 Å². The van der Waals surface area contributed by atoms with Crippen LogP contribution in [0, 0.1) is 0 Å². The van der Waals surface area contributed by atoms with Gasteiger partial charge in [-0.15, -0.1) is 11.3 Å². The van der Waals surface area contributed by atoms with Crippen molar-refractivity contribution in [3.63, 3.8) is 0 Å². The summed E-state index contributed by atoms with van der Waals surface area (Å²) < 4.78 is 5.90. The molecule has 0 fully saturated rings. The zero-order valence-corrected chi connectivity index (χ0v) is 14.0. The Bertz CT molecular complexity index is 603. The summed E-state index contributed by atoms with van der Waals surface area (Å²) in [5.41, 5.74) is 1.86. The van der Waals surface area contributed by atoms with Gasteiger partial charge in [0.15, 0.2) is 5.13 Å². The number of rotatable bonds is 7. The topological polar surface area (TPSA) is 63.2 Å². The molecule has 5 nitrogen and oxygen atoms in total. The van der Waals surface area contributed by atoms with Gasteiger partial charge in [-0.3, -0.25) is 4.79 Å². The molecule has 0 unspecified atom stereocenters. The van der Waals surface area contributed by atoms with Gasteiger partial charge in [0.2, 0.25) is 5.91 Å². The average Bonchev–Trinajstić information content (AvgIpc) is 2.92.